The largest absolute Gasteiger partial charge is 0.463 e. The molecule has 0 spiro atoms. The van der Waals surface area contributed by atoms with Crippen molar-refractivity contribution in [3.05, 3.63) is 67.0 Å². The number of ether oxygens (including phenoxy) is 10. The van der Waals surface area contributed by atoms with Gasteiger partial charge in [0.2, 0.25) is 37.3 Å². The van der Waals surface area contributed by atoms with Gasteiger partial charge in [0.25, 0.3) is 0 Å². The van der Waals surface area contributed by atoms with Gasteiger partial charge in [0.1, 0.15) is 63.3 Å². The molecule has 0 bridgehead atoms. The third kappa shape index (κ3) is 13.1. The normalized spacial score (nSPS) is 25.2. The summed E-state index contributed by atoms with van der Waals surface area (Å²) in [5.41, 5.74) is 1.25. The van der Waals surface area contributed by atoms with Gasteiger partial charge in [0.05, 0.1) is 11.4 Å². The van der Waals surface area contributed by atoms with Gasteiger partial charge in [-0.3, -0.25) is 38.4 Å². The molecule has 10 atom stereocenters. The zero-order chi connectivity index (χ0) is 46.8. The van der Waals surface area contributed by atoms with Crippen LogP contribution in [0.1, 0.15) is 79.2 Å². The molecule has 2 fully saturated rings. The van der Waals surface area contributed by atoms with Crippen LogP contribution in [0.3, 0.4) is 0 Å². The van der Waals surface area contributed by atoms with E-state index in [4.69, 9.17) is 52.4 Å². The van der Waals surface area contributed by atoms with Crippen molar-refractivity contribution in [2.24, 2.45) is 0 Å². The first-order chi connectivity index (χ1) is 30.3. The summed E-state index contributed by atoms with van der Waals surface area (Å²) in [5.74, 6) is -5.74. The van der Waals surface area contributed by atoms with Gasteiger partial charge in [0.15, 0.2) is 24.4 Å². The zero-order valence-corrected chi connectivity index (χ0v) is 36.4. The van der Waals surface area contributed by atoms with Crippen LogP contribution in [0.25, 0.3) is 0 Å². The molecule has 0 aromatic carbocycles. The third-order valence-electron chi connectivity index (χ3n) is 9.50. The predicted molar refractivity (Wildman–Crippen MR) is 206 cm³/mol. The van der Waals surface area contributed by atoms with Crippen LogP contribution in [0.2, 0.25) is 0 Å². The molecule has 0 saturated carbocycles. The first kappa shape index (κ1) is 48.3. The maximum Gasteiger partial charge on any atom is 0.303 e. The lowest BCUT2D eigenvalue weighted by molar-refractivity contribution is -0.690. The number of hydrogen-bond acceptors (Lipinski definition) is 19. The van der Waals surface area contributed by atoms with Crippen molar-refractivity contribution in [2.75, 3.05) is 13.2 Å². The van der Waals surface area contributed by atoms with E-state index in [1.165, 1.54) is 13.8 Å². The summed E-state index contributed by atoms with van der Waals surface area (Å²) in [7, 11) is 0. The summed E-state index contributed by atoms with van der Waals surface area (Å²) in [6.07, 6.45) is -2.58. The third-order valence-corrected chi connectivity index (χ3v) is 9.50. The SMILES string of the molecule is CC(=O)OC[C@H]1O[C@@H](n2cc[n+](Cc3cccc(C[n+]4ccn([C@@H]5O[C@H](COC(C)=O)[C@@H](OC(C)=O)[C@H](OC(C)=O)[C@H]5OC(C)=O)c4)n3)c2)[C@H](OC(C)=O)[C@@H](OC(C)=O)[C@@H]1OC(C)=O. The Hall–Kier alpha value is -6.75. The van der Waals surface area contributed by atoms with Crippen LogP contribution < -0.4 is 9.13 Å². The zero-order valence-electron chi connectivity index (χ0n) is 36.4. The highest BCUT2D eigenvalue weighted by Gasteiger charge is 2.56. The molecule has 0 unspecified atom stereocenters. The minimum atomic E-state index is -1.35. The molecule has 3 aromatic rings. The van der Waals surface area contributed by atoms with Gasteiger partial charge in [-0.1, -0.05) is 6.07 Å². The van der Waals surface area contributed by atoms with Crippen molar-refractivity contribution in [2.45, 2.75) is 130 Å². The summed E-state index contributed by atoms with van der Waals surface area (Å²) >= 11 is 0. The van der Waals surface area contributed by atoms with E-state index in [9.17, 15) is 38.4 Å². The molecule has 0 radical (unpaired) electrons. The smallest absolute Gasteiger partial charge is 0.303 e. The number of rotatable bonds is 16. The fourth-order valence-electron chi connectivity index (χ4n) is 7.28. The van der Waals surface area contributed by atoms with Crippen LogP contribution in [0, 0.1) is 0 Å². The summed E-state index contributed by atoms with van der Waals surface area (Å²) < 4.78 is 62.8. The molecule has 5 rings (SSSR count). The molecule has 0 amide bonds. The van der Waals surface area contributed by atoms with Crippen molar-refractivity contribution in [1.82, 2.24) is 14.1 Å². The summed E-state index contributed by atoms with van der Waals surface area (Å²) in [4.78, 5) is 102. The Morgan fingerprint density at radius 1 is 0.500 bits per heavy atom. The fourth-order valence-corrected chi connectivity index (χ4v) is 7.28. The maximum absolute atomic E-state index is 12.3. The second-order valence-electron chi connectivity index (χ2n) is 14.9. The van der Waals surface area contributed by atoms with Crippen LogP contribution in [-0.2, 0) is 98.8 Å². The highest BCUT2D eigenvalue weighted by atomic mass is 16.7. The Bertz CT molecular complexity index is 2060. The quantitative estimate of drug-likeness (QED) is 0.103. The molecular weight excluding hydrogens is 850 g/mol. The lowest BCUT2D eigenvalue weighted by atomic mass is 9.97. The second-order valence-corrected chi connectivity index (χ2v) is 14.9. The Kier molecular flexibility index (Phi) is 16.3. The van der Waals surface area contributed by atoms with E-state index in [1.54, 1.807) is 67.8 Å². The second kappa shape index (κ2) is 21.6. The number of hydrogen-bond donors (Lipinski definition) is 0. The molecule has 346 valence electrons. The van der Waals surface area contributed by atoms with Gasteiger partial charge < -0.3 is 47.4 Å². The summed E-state index contributed by atoms with van der Waals surface area (Å²) in [6, 6.07) is 5.41. The van der Waals surface area contributed by atoms with Crippen LogP contribution in [0.4, 0.5) is 0 Å². The highest BCUT2D eigenvalue weighted by Crippen LogP contribution is 2.36. The molecule has 0 N–H and O–H groups in total. The van der Waals surface area contributed by atoms with E-state index >= 15 is 0 Å². The molecule has 64 heavy (non-hydrogen) atoms. The van der Waals surface area contributed by atoms with Gasteiger partial charge in [0, 0.05) is 55.4 Å². The topological polar surface area (TPSA) is 259 Å². The predicted octanol–water partition coefficient (Wildman–Crippen LogP) is -0.133. The molecule has 23 heteroatoms. The Morgan fingerprint density at radius 3 is 1.16 bits per heavy atom. The van der Waals surface area contributed by atoms with E-state index in [1.807, 2.05) is 6.07 Å². The van der Waals surface area contributed by atoms with Crippen molar-refractivity contribution >= 4 is 47.8 Å². The number of carbonyl (C=O) groups excluding carboxylic acids is 8. The van der Waals surface area contributed by atoms with Crippen LogP contribution in [0.15, 0.2) is 55.6 Å². The molecule has 0 aliphatic carbocycles. The molecule has 2 aliphatic heterocycles. The van der Waals surface area contributed by atoms with Crippen molar-refractivity contribution in [3.63, 3.8) is 0 Å². The number of aromatic nitrogens is 5. The van der Waals surface area contributed by atoms with Crippen LogP contribution in [0.5, 0.6) is 0 Å². The van der Waals surface area contributed by atoms with Gasteiger partial charge in [-0.05, 0) is 12.1 Å². The van der Waals surface area contributed by atoms with E-state index in [0.717, 1.165) is 41.5 Å². The van der Waals surface area contributed by atoms with Crippen molar-refractivity contribution in [1.29, 1.82) is 0 Å². The van der Waals surface area contributed by atoms with E-state index < -0.39 is 109 Å². The molecule has 5 heterocycles. The standard InChI is InChI=1S/C41H51N5O18/c1-22(47)55-18-32-34(57-24(3)49)36(59-26(5)51)38(61-28(7)53)40(63-32)45-14-12-43(20-45)16-30-10-9-11-31(42-30)17-44-13-15-46(21-44)41-39(62-29(8)54)37(60-27(6)52)35(58-25(4)50)33(64-41)19-56-23(2)48/h9-15,20-21,32-41H,16-19H2,1-8H3/q+2/t32-,33-,34-,35-,36+,37+,38-,39-,40-,41-/m1/s1. The highest BCUT2D eigenvalue weighted by molar-refractivity contribution is 5.70. The monoisotopic (exact) mass is 901 g/mol. The van der Waals surface area contributed by atoms with Gasteiger partial charge in [-0.15, -0.1) is 0 Å². The minimum Gasteiger partial charge on any atom is -0.463 e. The average molecular weight is 902 g/mol. The molecule has 2 saturated heterocycles. The fraction of sp³-hybridized carbons (Fsp3) is 0.537. The van der Waals surface area contributed by atoms with Crippen LogP contribution in [-0.4, -0.2) is 124 Å². The van der Waals surface area contributed by atoms with Gasteiger partial charge >= 0.3 is 47.8 Å². The number of pyridine rings is 1. The van der Waals surface area contributed by atoms with Crippen molar-refractivity contribution in [3.8, 4) is 0 Å². The maximum atomic E-state index is 12.3. The number of nitrogens with zero attached hydrogens (tertiary/aromatic N) is 5. The first-order valence-electron chi connectivity index (χ1n) is 20.0. The Balaban J connectivity index is 1.38. The van der Waals surface area contributed by atoms with Crippen LogP contribution >= 0.6 is 0 Å². The van der Waals surface area contributed by atoms with E-state index in [-0.39, 0.29) is 26.3 Å². The lowest BCUT2D eigenvalue weighted by Gasteiger charge is -2.42. The van der Waals surface area contributed by atoms with Gasteiger partial charge in [-0.2, -0.15) is 0 Å². The number of imidazole rings is 2. The molecule has 2 aliphatic rings. The minimum absolute atomic E-state index is 0.239. The average Bonchev–Trinajstić information content (AvgIpc) is 3.85. The van der Waals surface area contributed by atoms with E-state index in [2.05, 4.69) is 0 Å². The first-order valence-corrected chi connectivity index (χ1v) is 20.0. The number of esters is 8. The molecule has 3 aromatic heterocycles. The van der Waals surface area contributed by atoms with Crippen molar-refractivity contribution < 1.29 is 94.9 Å². The summed E-state index contributed by atoms with van der Waals surface area (Å²) in [5, 5.41) is 0. The molecule has 23 nitrogen and oxygen atoms in total. The van der Waals surface area contributed by atoms with Gasteiger partial charge in [-0.25, -0.2) is 23.3 Å². The molecular formula is C41H51N5O18+2. The Morgan fingerprint density at radius 2 is 0.828 bits per heavy atom. The summed E-state index contributed by atoms with van der Waals surface area (Å²) in [6.45, 7) is 8.97. The number of carbonyl (C=O) groups is 8. The lowest BCUT2D eigenvalue weighted by Crippen LogP contribution is -2.60. The van der Waals surface area contributed by atoms with E-state index in [0.29, 0.717) is 11.4 Å². The Labute approximate surface area is 366 Å².